The molecule has 0 amide bonds. The fourth-order valence-corrected chi connectivity index (χ4v) is 1.79. The Hall–Kier alpha value is -1.22. The molecule has 0 bridgehead atoms. The number of thioether (sulfide) groups is 1. The van der Waals surface area contributed by atoms with Gasteiger partial charge in [-0.05, 0) is 24.5 Å². The summed E-state index contributed by atoms with van der Waals surface area (Å²) in [7, 11) is 1.68. The van der Waals surface area contributed by atoms with Crippen LogP contribution in [0, 0.1) is 0 Å². The molecule has 1 aromatic heterocycles. The van der Waals surface area contributed by atoms with E-state index in [0.29, 0.717) is 0 Å². The molecule has 0 aliphatic rings. The van der Waals surface area contributed by atoms with E-state index in [2.05, 4.69) is 11.1 Å². The Kier molecular flexibility index (Phi) is 2.59. The highest BCUT2D eigenvalue weighted by molar-refractivity contribution is 7.98. The molecule has 0 unspecified atom stereocenters. The van der Waals surface area contributed by atoms with Gasteiger partial charge in [-0.3, -0.25) is 4.98 Å². The normalized spacial score (nSPS) is 10.4. The van der Waals surface area contributed by atoms with Crippen molar-refractivity contribution in [2.75, 3.05) is 13.4 Å². The summed E-state index contributed by atoms with van der Waals surface area (Å²) in [5.41, 5.74) is 0.974. The third-order valence-corrected chi connectivity index (χ3v) is 2.81. The number of benzene rings is 1. The second-order valence-electron chi connectivity index (χ2n) is 2.90. The molecule has 0 aliphatic carbocycles. The van der Waals surface area contributed by atoms with E-state index in [0.717, 1.165) is 21.5 Å². The van der Waals surface area contributed by atoms with E-state index >= 15 is 0 Å². The number of aromatic nitrogens is 1. The van der Waals surface area contributed by atoms with Crippen LogP contribution >= 0.6 is 11.8 Å². The van der Waals surface area contributed by atoms with Gasteiger partial charge in [0.1, 0.15) is 5.75 Å². The molecule has 1 heterocycles. The van der Waals surface area contributed by atoms with Crippen molar-refractivity contribution in [1.29, 1.82) is 0 Å². The fraction of sp³-hybridized carbons (Fsp3) is 0.182. The summed E-state index contributed by atoms with van der Waals surface area (Å²) < 4.78 is 5.28. The largest absolute Gasteiger partial charge is 0.496 e. The molecule has 1 aromatic carbocycles. The van der Waals surface area contributed by atoms with Gasteiger partial charge >= 0.3 is 0 Å². The van der Waals surface area contributed by atoms with Crippen LogP contribution < -0.4 is 4.74 Å². The smallest absolute Gasteiger partial charge is 0.128 e. The third kappa shape index (κ3) is 1.55. The van der Waals surface area contributed by atoms with Gasteiger partial charge in [0.15, 0.2) is 0 Å². The Labute approximate surface area is 87.3 Å². The van der Waals surface area contributed by atoms with Crippen molar-refractivity contribution in [1.82, 2.24) is 4.98 Å². The second-order valence-corrected chi connectivity index (χ2v) is 3.78. The number of ether oxygens (including phenoxy) is 1. The lowest BCUT2D eigenvalue weighted by Crippen LogP contribution is -1.86. The van der Waals surface area contributed by atoms with E-state index < -0.39 is 0 Å². The van der Waals surface area contributed by atoms with Crippen molar-refractivity contribution in [3.8, 4) is 5.75 Å². The van der Waals surface area contributed by atoms with Crippen molar-refractivity contribution in [2.45, 2.75) is 4.90 Å². The van der Waals surface area contributed by atoms with E-state index in [-0.39, 0.29) is 0 Å². The highest BCUT2D eigenvalue weighted by atomic mass is 32.2. The molecule has 2 nitrogen and oxygen atoms in total. The highest BCUT2D eigenvalue weighted by Gasteiger charge is 2.02. The maximum Gasteiger partial charge on any atom is 0.128 e. The summed E-state index contributed by atoms with van der Waals surface area (Å²) in [4.78, 5) is 5.51. The summed E-state index contributed by atoms with van der Waals surface area (Å²) in [6.45, 7) is 0. The number of methoxy groups -OCH3 is 1. The number of fused-ring (bicyclic) bond motifs is 1. The molecular weight excluding hydrogens is 194 g/mol. The van der Waals surface area contributed by atoms with Crippen LogP contribution in [-0.4, -0.2) is 18.3 Å². The van der Waals surface area contributed by atoms with Crippen molar-refractivity contribution >= 4 is 22.7 Å². The predicted octanol–water partition coefficient (Wildman–Crippen LogP) is 2.97. The minimum absolute atomic E-state index is 0.880. The molecule has 0 saturated heterocycles. The van der Waals surface area contributed by atoms with Crippen molar-refractivity contribution in [3.63, 3.8) is 0 Å². The zero-order valence-electron chi connectivity index (χ0n) is 8.15. The minimum atomic E-state index is 0.880. The Bertz CT molecular complexity index is 456. The Morgan fingerprint density at radius 1 is 1.36 bits per heavy atom. The molecule has 0 aliphatic heterocycles. The summed E-state index contributed by atoms with van der Waals surface area (Å²) in [5.74, 6) is 0.880. The van der Waals surface area contributed by atoms with Crippen molar-refractivity contribution in [3.05, 3.63) is 30.5 Å². The molecule has 0 atom stereocenters. The van der Waals surface area contributed by atoms with Gasteiger partial charge in [-0.25, -0.2) is 0 Å². The van der Waals surface area contributed by atoms with E-state index in [1.165, 1.54) is 0 Å². The van der Waals surface area contributed by atoms with Crippen LogP contribution in [0.3, 0.4) is 0 Å². The molecule has 72 valence electrons. The molecule has 2 aromatic rings. The van der Waals surface area contributed by atoms with Gasteiger partial charge in [-0.15, -0.1) is 11.8 Å². The first-order valence-corrected chi connectivity index (χ1v) is 5.54. The van der Waals surface area contributed by atoms with Gasteiger partial charge < -0.3 is 4.74 Å². The van der Waals surface area contributed by atoms with Crippen molar-refractivity contribution in [2.24, 2.45) is 0 Å². The second kappa shape index (κ2) is 3.88. The topological polar surface area (TPSA) is 22.1 Å². The molecule has 14 heavy (non-hydrogen) atoms. The van der Waals surface area contributed by atoms with Gasteiger partial charge in [-0.1, -0.05) is 6.07 Å². The first-order chi connectivity index (χ1) is 6.85. The van der Waals surface area contributed by atoms with Crippen LogP contribution in [0.5, 0.6) is 5.75 Å². The van der Waals surface area contributed by atoms with Crippen LogP contribution in [0.15, 0.2) is 35.4 Å². The van der Waals surface area contributed by atoms with E-state index in [1.54, 1.807) is 18.9 Å². The van der Waals surface area contributed by atoms with E-state index in [9.17, 15) is 0 Å². The Morgan fingerprint density at radius 2 is 2.21 bits per heavy atom. The zero-order valence-corrected chi connectivity index (χ0v) is 8.97. The molecule has 0 saturated carbocycles. The van der Waals surface area contributed by atoms with Gasteiger partial charge in [-0.2, -0.15) is 0 Å². The quantitative estimate of drug-likeness (QED) is 0.704. The van der Waals surface area contributed by atoms with Gasteiger partial charge in [0, 0.05) is 16.5 Å². The minimum Gasteiger partial charge on any atom is -0.496 e. The average Bonchev–Trinajstić information content (AvgIpc) is 2.27. The first-order valence-electron chi connectivity index (χ1n) is 4.32. The predicted molar refractivity (Wildman–Crippen MR) is 60.1 cm³/mol. The van der Waals surface area contributed by atoms with Crippen LogP contribution in [0.2, 0.25) is 0 Å². The van der Waals surface area contributed by atoms with Crippen LogP contribution in [0.25, 0.3) is 10.9 Å². The monoisotopic (exact) mass is 205 g/mol. The number of pyridine rings is 1. The van der Waals surface area contributed by atoms with Gasteiger partial charge in [0.05, 0.1) is 12.6 Å². The number of hydrogen-bond donors (Lipinski definition) is 0. The molecular formula is C11H11NOS. The standard InChI is InChI=1S/C11H11NOS/c1-13-11-5-3-4-10-9(11)6-8(14-2)7-12-10/h3-7H,1-2H3. The summed E-state index contributed by atoms with van der Waals surface area (Å²) in [6, 6.07) is 7.99. The number of hydrogen-bond acceptors (Lipinski definition) is 3. The summed E-state index contributed by atoms with van der Waals surface area (Å²) >= 11 is 1.68. The van der Waals surface area contributed by atoms with Crippen LogP contribution in [0.4, 0.5) is 0 Å². The van der Waals surface area contributed by atoms with Crippen LogP contribution in [-0.2, 0) is 0 Å². The number of rotatable bonds is 2. The Balaban J connectivity index is 2.70. The molecule has 0 spiro atoms. The lowest BCUT2D eigenvalue weighted by Gasteiger charge is -2.05. The number of nitrogens with zero attached hydrogens (tertiary/aromatic N) is 1. The average molecular weight is 205 g/mol. The molecule has 0 fully saturated rings. The first kappa shape index (κ1) is 9.34. The maximum atomic E-state index is 5.28. The van der Waals surface area contributed by atoms with Gasteiger partial charge in [0.25, 0.3) is 0 Å². The molecule has 0 N–H and O–H groups in total. The maximum absolute atomic E-state index is 5.28. The molecule has 2 rings (SSSR count). The lowest BCUT2D eigenvalue weighted by molar-refractivity contribution is 0.419. The van der Waals surface area contributed by atoms with Crippen LogP contribution in [0.1, 0.15) is 0 Å². The zero-order chi connectivity index (χ0) is 9.97. The van der Waals surface area contributed by atoms with E-state index in [4.69, 9.17) is 4.74 Å². The highest BCUT2D eigenvalue weighted by Crippen LogP contribution is 2.27. The molecule has 3 heteroatoms. The van der Waals surface area contributed by atoms with Gasteiger partial charge in [0.2, 0.25) is 0 Å². The van der Waals surface area contributed by atoms with E-state index in [1.807, 2.05) is 30.7 Å². The van der Waals surface area contributed by atoms with Crippen molar-refractivity contribution < 1.29 is 4.74 Å². The lowest BCUT2D eigenvalue weighted by atomic mass is 10.2. The SMILES string of the molecule is COc1cccc2ncc(SC)cc12. The summed E-state index contributed by atoms with van der Waals surface area (Å²) in [6.07, 6.45) is 3.92. The molecule has 0 radical (unpaired) electrons. The Morgan fingerprint density at radius 3 is 2.93 bits per heavy atom. The fourth-order valence-electron chi connectivity index (χ4n) is 1.39. The third-order valence-electron chi connectivity index (χ3n) is 2.12. The summed E-state index contributed by atoms with van der Waals surface area (Å²) in [5, 5.41) is 1.07.